The standard InChI is InChI=1S/C16H24N2O/c1-12-7-6-10-17-15(12)11-13(2)18(3)16(19)14-8-4-5-9-14/h6-7,10,13-14H,4-5,8-9,11H2,1-3H3/t13-/m0/s1. The van der Waals surface area contributed by atoms with Crippen molar-refractivity contribution in [1.82, 2.24) is 9.88 Å². The van der Waals surface area contributed by atoms with Crippen molar-refractivity contribution < 1.29 is 4.79 Å². The lowest BCUT2D eigenvalue weighted by molar-refractivity contribution is -0.135. The Balaban J connectivity index is 1.97. The van der Waals surface area contributed by atoms with E-state index < -0.39 is 0 Å². The second kappa shape index (κ2) is 6.18. The van der Waals surface area contributed by atoms with Gasteiger partial charge >= 0.3 is 0 Å². The van der Waals surface area contributed by atoms with Gasteiger partial charge in [-0.25, -0.2) is 0 Å². The number of amides is 1. The summed E-state index contributed by atoms with van der Waals surface area (Å²) in [5.74, 6) is 0.580. The summed E-state index contributed by atoms with van der Waals surface area (Å²) < 4.78 is 0. The first-order valence-corrected chi connectivity index (χ1v) is 7.26. The first-order valence-electron chi connectivity index (χ1n) is 7.26. The number of pyridine rings is 1. The summed E-state index contributed by atoms with van der Waals surface area (Å²) in [6, 6.07) is 4.24. The molecule has 2 rings (SSSR count). The third kappa shape index (κ3) is 3.34. The van der Waals surface area contributed by atoms with Crippen molar-refractivity contribution in [2.45, 2.75) is 52.0 Å². The zero-order chi connectivity index (χ0) is 13.8. The van der Waals surface area contributed by atoms with E-state index in [1.165, 1.54) is 18.4 Å². The van der Waals surface area contributed by atoms with Gasteiger partial charge in [-0.3, -0.25) is 9.78 Å². The Kier molecular flexibility index (Phi) is 4.56. The highest BCUT2D eigenvalue weighted by atomic mass is 16.2. The Labute approximate surface area is 116 Å². The van der Waals surface area contributed by atoms with Crippen LogP contribution in [-0.2, 0) is 11.2 Å². The number of aryl methyl sites for hydroxylation is 1. The van der Waals surface area contributed by atoms with Gasteiger partial charge in [0.2, 0.25) is 5.91 Å². The third-order valence-electron chi connectivity index (χ3n) is 4.32. The largest absolute Gasteiger partial charge is 0.342 e. The zero-order valence-corrected chi connectivity index (χ0v) is 12.2. The van der Waals surface area contributed by atoms with Gasteiger partial charge in [-0.05, 0) is 38.3 Å². The first-order chi connectivity index (χ1) is 9.09. The Morgan fingerprint density at radius 2 is 2.16 bits per heavy atom. The molecule has 0 spiro atoms. The molecule has 0 aliphatic heterocycles. The molecule has 104 valence electrons. The van der Waals surface area contributed by atoms with Crippen molar-refractivity contribution in [3.05, 3.63) is 29.6 Å². The summed E-state index contributed by atoms with van der Waals surface area (Å²) in [6.45, 7) is 4.19. The monoisotopic (exact) mass is 260 g/mol. The van der Waals surface area contributed by atoms with Crippen LogP contribution in [0.15, 0.2) is 18.3 Å². The molecule has 1 atom stereocenters. The van der Waals surface area contributed by atoms with Crippen LogP contribution in [0.2, 0.25) is 0 Å². The molecule has 0 bridgehead atoms. The minimum absolute atomic E-state index is 0.210. The lowest BCUT2D eigenvalue weighted by Gasteiger charge is -2.27. The van der Waals surface area contributed by atoms with Crippen molar-refractivity contribution >= 4 is 5.91 Å². The summed E-state index contributed by atoms with van der Waals surface area (Å²) in [7, 11) is 1.93. The van der Waals surface area contributed by atoms with Gasteiger partial charge in [0.05, 0.1) is 0 Å². The van der Waals surface area contributed by atoms with Gasteiger partial charge in [0.1, 0.15) is 0 Å². The van der Waals surface area contributed by atoms with Crippen LogP contribution in [0.4, 0.5) is 0 Å². The molecule has 1 heterocycles. The van der Waals surface area contributed by atoms with Crippen molar-refractivity contribution in [3.8, 4) is 0 Å². The Morgan fingerprint density at radius 1 is 1.47 bits per heavy atom. The van der Waals surface area contributed by atoms with Crippen LogP contribution in [0.3, 0.4) is 0 Å². The molecule has 0 unspecified atom stereocenters. The lowest BCUT2D eigenvalue weighted by Crippen LogP contribution is -2.39. The molecule has 19 heavy (non-hydrogen) atoms. The maximum Gasteiger partial charge on any atom is 0.225 e. The van der Waals surface area contributed by atoms with E-state index in [2.05, 4.69) is 24.9 Å². The van der Waals surface area contributed by atoms with E-state index in [1.54, 1.807) is 0 Å². The molecule has 0 N–H and O–H groups in total. The summed E-state index contributed by atoms with van der Waals surface area (Å²) in [6.07, 6.45) is 7.21. The highest BCUT2D eigenvalue weighted by Crippen LogP contribution is 2.27. The van der Waals surface area contributed by atoms with Gasteiger partial charge in [0, 0.05) is 37.3 Å². The predicted molar refractivity (Wildman–Crippen MR) is 76.9 cm³/mol. The fraction of sp³-hybridized carbons (Fsp3) is 0.625. The highest BCUT2D eigenvalue weighted by Gasteiger charge is 2.27. The maximum absolute atomic E-state index is 12.4. The highest BCUT2D eigenvalue weighted by molar-refractivity contribution is 5.79. The second-order valence-electron chi connectivity index (χ2n) is 5.75. The summed E-state index contributed by atoms with van der Waals surface area (Å²) in [5.41, 5.74) is 2.30. The van der Waals surface area contributed by atoms with Crippen LogP contribution in [0.5, 0.6) is 0 Å². The molecule has 1 aliphatic rings. The molecule has 3 nitrogen and oxygen atoms in total. The van der Waals surface area contributed by atoms with E-state index >= 15 is 0 Å². The molecular weight excluding hydrogens is 236 g/mol. The van der Waals surface area contributed by atoms with Gasteiger partial charge in [-0.15, -0.1) is 0 Å². The van der Waals surface area contributed by atoms with Crippen LogP contribution < -0.4 is 0 Å². The molecule has 1 aromatic heterocycles. The van der Waals surface area contributed by atoms with Crippen molar-refractivity contribution in [2.24, 2.45) is 5.92 Å². The molecule has 0 aromatic carbocycles. The first kappa shape index (κ1) is 14.0. The lowest BCUT2D eigenvalue weighted by atomic mass is 10.0. The van der Waals surface area contributed by atoms with Crippen LogP contribution in [0.25, 0.3) is 0 Å². The second-order valence-corrected chi connectivity index (χ2v) is 5.75. The van der Waals surface area contributed by atoms with E-state index in [0.717, 1.165) is 25.0 Å². The summed E-state index contributed by atoms with van der Waals surface area (Å²) in [5, 5.41) is 0. The van der Waals surface area contributed by atoms with Gasteiger partial charge in [-0.1, -0.05) is 18.9 Å². The average molecular weight is 260 g/mol. The number of hydrogen-bond donors (Lipinski definition) is 0. The van der Waals surface area contributed by atoms with Gasteiger partial charge in [-0.2, -0.15) is 0 Å². The Bertz CT molecular complexity index is 438. The van der Waals surface area contributed by atoms with E-state index in [1.807, 2.05) is 24.2 Å². The molecule has 1 fully saturated rings. The summed E-state index contributed by atoms with van der Waals surface area (Å²) in [4.78, 5) is 18.7. The normalized spacial score (nSPS) is 17.4. The van der Waals surface area contributed by atoms with Crippen LogP contribution in [0.1, 0.15) is 43.9 Å². The van der Waals surface area contributed by atoms with Gasteiger partial charge in [0.15, 0.2) is 0 Å². The fourth-order valence-electron chi connectivity index (χ4n) is 2.83. The van der Waals surface area contributed by atoms with Gasteiger partial charge in [0.25, 0.3) is 0 Å². The number of carbonyl (C=O) groups is 1. The molecule has 1 aromatic rings. The quantitative estimate of drug-likeness (QED) is 0.834. The number of aromatic nitrogens is 1. The predicted octanol–water partition coefficient (Wildman–Crippen LogP) is 2.97. The van der Waals surface area contributed by atoms with E-state index in [4.69, 9.17) is 0 Å². The molecule has 1 aliphatic carbocycles. The number of carbonyl (C=O) groups excluding carboxylic acids is 1. The van der Waals surface area contributed by atoms with Crippen LogP contribution >= 0.6 is 0 Å². The van der Waals surface area contributed by atoms with Crippen molar-refractivity contribution in [2.75, 3.05) is 7.05 Å². The minimum Gasteiger partial charge on any atom is -0.342 e. The Hall–Kier alpha value is -1.38. The molecule has 1 saturated carbocycles. The minimum atomic E-state index is 0.210. The van der Waals surface area contributed by atoms with Crippen LogP contribution in [0, 0.1) is 12.8 Å². The SMILES string of the molecule is Cc1cccnc1C[C@H](C)N(C)C(=O)C1CCCC1. The third-order valence-corrected chi connectivity index (χ3v) is 4.32. The molecule has 1 amide bonds. The zero-order valence-electron chi connectivity index (χ0n) is 12.2. The van der Waals surface area contributed by atoms with Gasteiger partial charge < -0.3 is 4.90 Å². The van der Waals surface area contributed by atoms with E-state index in [-0.39, 0.29) is 12.0 Å². The average Bonchev–Trinajstić information content (AvgIpc) is 2.93. The number of nitrogens with zero attached hydrogens (tertiary/aromatic N) is 2. The van der Waals surface area contributed by atoms with Crippen molar-refractivity contribution in [3.63, 3.8) is 0 Å². The fourth-order valence-corrected chi connectivity index (χ4v) is 2.83. The van der Waals surface area contributed by atoms with Crippen molar-refractivity contribution in [1.29, 1.82) is 0 Å². The molecular formula is C16H24N2O. The molecule has 0 saturated heterocycles. The van der Waals surface area contributed by atoms with E-state index in [9.17, 15) is 4.79 Å². The number of hydrogen-bond acceptors (Lipinski definition) is 2. The Morgan fingerprint density at radius 3 is 2.79 bits per heavy atom. The maximum atomic E-state index is 12.4. The smallest absolute Gasteiger partial charge is 0.225 e. The molecule has 0 radical (unpaired) electrons. The summed E-state index contributed by atoms with van der Waals surface area (Å²) >= 11 is 0. The van der Waals surface area contributed by atoms with E-state index in [0.29, 0.717) is 5.91 Å². The topological polar surface area (TPSA) is 33.2 Å². The number of likely N-dealkylation sites (N-methyl/N-ethyl adjacent to an activating group) is 1. The molecule has 3 heteroatoms. The van der Waals surface area contributed by atoms with Crippen LogP contribution in [-0.4, -0.2) is 28.9 Å². The number of rotatable bonds is 4.